The highest BCUT2D eigenvalue weighted by Gasteiger charge is 2.34. The highest BCUT2D eigenvalue weighted by atomic mass is 32.1. The molecule has 4 rings (SSSR count). The molecular weight excluding hydrogens is 500 g/mol. The van der Waals surface area contributed by atoms with Gasteiger partial charge in [0.15, 0.2) is 4.80 Å². The molecule has 0 saturated carbocycles. The molecule has 0 spiro atoms. The minimum Gasteiger partial charge on any atom is -0.497 e. The lowest BCUT2D eigenvalue weighted by molar-refractivity contribution is -0.396. The average Bonchev–Trinajstić information content (AvgIpc) is 3.42. The molecule has 0 radical (unpaired) electrons. The van der Waals surface area contributed by atoms with Crippen molar-refractivity contribution in [1.82, 2.24) is 4.57 Å². The van der Waals surface area contributed by atoms with Gasteiger partial charge in [-0.05, 0) is 36.9 Å². The minimum absolute atomic E-state index is 0.0273. The maximum absolute atomic E-state index is 13.5. The quantitative estimate of drug-likeness (QED) is 0.296. The highest BCUT2D eigenvalue weighted by molar-refractivity contribution is 7.10. The van der Waals surface area contributed by atoms with Gasteiger partial charge in [0.1, 0.15) is 6.04 Å². The fourth-order valence-corrected chi connectivity index (χ4v) is 5.52. The fourth-order valence-electron chi connectivity index (χ4n) is 3.65. The molecule has 3 aromatic rings. The number of allylic oxidation sites excluding steroid dienone is 1. The summed E-state index contributed by atoms with van der Waals surface area (Å²) in [5, 5.41) is 34.2. The highest BCUT2D eigenvalue weighted by Crippen LogP contribution is 2.37. The van der Waals surface area contributed by atoms with Gasteiger partial charge in [0.2, 0.25) is 0 Å². The minimum atomic E-state index is -1.08. The first-order valence-corrected chi connectivity index (χ1v) is 11.7. The van der Waals surface area contributed by atoms with Crippen molar-refractivity contribution in [3.8, 4) is 5.75 Å². The van der Waals surface area contributed by atoms with E-state index in [0.717, 1.165) is 23.5 Å². The summed E-state index contributed by atoms with van der Waals surface area (Å²) in [6.45, 7) is 3.44. The summed E-state index contributed by atoms with van der Waals surface area (Å²) in [6, 6.07) is 4.63. The Hall–Kier alpha value is -4.17. The van der Waals surface area contributed by atoms with Gasteiger partial charge in [-0.3, -0.25) is 29.6 Å². The van der Waals surface area contributed by atoms with E-state index < -0.39 is 44.5 Å². The van der Waals surface area contributed by atoms with Crippen molar-refractivity contribution in [2.75, 3.05) is 6.61 Å². The number of carbonyl (C=O) groups excluding carboxylic acids is 1. The monoisotopic (exact) mass is 516 g/mol. The number of phenolic OH excluding ortho intramolecular Hbond substituents is 1. The second-order valence-corrected chi connectivity index (χ2v) is 9.23. The maximum Gasteiger partial charge on any atom is 0.338 e. The number of nitro benzene ring substituents is 2. The maximum atomic E-state index is 13.5. The molecule has 3 heterocycles. The number of thiophene rings is 1. The number of thiazole rings is 1. The summed E-state index contributed by atoms with van der Waals surface area (Å²) in [6.07, 6.45) is 1.25. The van der Waals surface area contributed by atoms with E-state index in [2.05, 4.69) is 4.99 Å². The van der Waals surface area contributed by atoms with Gasteiger partial charge in [0.05, 0.1) is 32.3 Å². The van der Waals surface area contributed by atoms with Crippen LogP contribution in [0.4, 0.5) is 11.4 Å². The third-order valence-corrected chi connectivity index (χ3v) is 7.02. The van der Waals surface area contributed by atoms with Crippen molar-refractivity contribution in [2.45, 2.75) is 19.9 Å². The molecule has 0 unspecified atom stereocenters. The number of nitrogens with zero attached hydrogens (tertiary/aromatic N) is 4. The second-order valence-electron chi connectivity index (χ2n) is 7.24. The number of carbonyl (C=O) groups is 1. The van der Waals surface area contributed by atoms with Gasteiger partial charge in [0.25, 0.3) is 11.3 Å². The van der Waals surface area contributed by atoms with Gasteiger partial charge < -0.3 is 9.84 Å². The standard InChI is InChI=1S/C21H16N4O8S2/c1-3-33-20(28)16-10(2)22-21-23(17(16)14-5-4-6-34-14)19(27)15(35-21)9-11-7-12(24(29)30)18(26)13(8-11)25(31)32/h4-9,17,26H,3H2,1-2H3/b15-9-/t17-/m1/s1. The number of fused-ring (bicyclic) bond motifs is 1. The number of aromatic hydroxyl groups is 1. The van der Waals surface area contributed by atoms with Crippen molar-refractivity contribution in [1.29, 1.82) is 0 Å². The molecule has 14 heteroatoms. The van der Waals surface area contributed by atoms with Crippen LogP contribution in [0.25, 0.3) is 6.08 Å². The summed E-state index contributed by atoms with van der Waals surface area (Å²) in [4.78, 5) is 52.3. The predicted octanol–water partition coefficient (Wildman–Crippen LogP) is 2.38. The molecule has 1 aliphatic heterocycles. The molecule has 35 heavy (non-hydrogen) atoms. The summed E-state index contributed by atoms with van der Waals surface area (Å²) < 4.78 is 6.62. The van der Waals surface area contributed by atoms with Crippen LogP contribution in [-0.2, 0) is 9.53 Å². The van der Waals surface area contributed by atoms with E-state index in [4.69, 9.17) is 4.74 Å². The van der Waals surface area contributed by atoms with Gasteiger partial charge in [0, 0.05) is 17.0 Å². The smallest absolute Gasteiger partial charge is 0.338 e. The molecule has 1 N–H and O–H groups in total. The summed E-state index contributed by atoms with van der Waals surface area (Å²) >= 11 is 2.31. The van der Waals surface area contributed by atoms with E-state index in [0.29, 0.717) is 10.6 Å². The molecule has 0 aliphatic carbocycles. The zero-order chi connectivity index (χ0) is 25.4. The number of esters is 1. The lowest BCUT2D eigenvalue weighted by Crippen LogP contribution is -2.39. The first kappa shape index (κ1) is 24.0. The van der Waals surface area contributed by atoms with E-state index in [1.165, 1.54) is 22.0 Å². The first-order chi connectivity index (χ1) is 16.6. The Morgan fingerprint density at radius 3 is 2.49 bits per heavy atom. The average molecular weight is 517 g/mol. The van der Waals surface area contributed by atoms with E-state index in [1.807, 2.05) is 0 Å². The largest absolute Gasteiger partial charge is 0.497 e. The van der Waals surface area contributed by atoms with Crippen molar-refractivity contribution in [3.05, 3.63) is 91.3 Å². The molecule has 0 bridgehead atoms. The van der Waals surface area contributed by atoms with E-state index >= 15 is 0 Å². The van der Waals surface area contributed by atoms with E-state index in [-0.39, 0.29) is 27.1 Å². The van der Waals surface area contributed by atoms with Crippen LogP contribution in [0.1, 0.15) is 30.3 Å². The predicted molar refractivity (Wildman–Crippen MR) is 126 cm³/mol. The van der Waals surface area contributed by atoms with Crippen molar-refractivity contribution in [2.24, 2.45) is 4.99 Å². The van der Waals surface area contributed by atoms with Crippen molar-refractivity contribution < 1.29 is 24.5 Å². The number of rotatable bonds is 6. The van der Waals surface area contributed by atoms with E-state index in [1.54, 1.807) is 31.4 Å². The van der Waals surface area contributed by atoms with Gasteiger partial charge >= 0.3 is 17.3 Å². The molecule has 1 aromatic carbocycles. The van der Waals surface area contributed by atoms with Crippen LogP contribution in [0.3, 0.4) is 0 Å². The molecule has 0 fully saturated rings. The van der Waals surface area contributed by atoms with Crippen molar-refractivity contribution >= 4 is 46.1 Å². The number of phenols is 1. The summed E-state index contributed by atoms with van der Waals surface area (Å²) in [7, 11) is 0. The van der Waals surface area contributed by atoms with Crippen LogP contribution >= 0.6 is 22.7 Å². The third-order valence-electron chi connectivity index (χ3n) is 5.11. The lowest BCUT2D eigenvalue weighted by atomic mass is 10.0. The fraction of sp³-hybridized carbons (Fsp3) is 0.190. The Morgan fingerprint density at radius 1 is 1.29 bits per heavy atom. The normalized spacial score (nSPS) is 15.5. The molecule has 1 atom stereocenters. The van der Waals surface area contributed by atoms with Gasteiger partial charge in [-0.2, -0.15) is 0 Å². The first-order valence-electron chi connectivity index (χ1n) is 10.0. The van der Waals surface area contributed by atoms with Crippen LogP contribution in [0.2, 0.25) is 0 Å². The van der Waals surface area contributed by atoms with Gasteiger partial charge in [-0.25, -0.2) is 9.79 Å². The number of aromatic nitrogens is 1. The van der Waals surface area contributed by atoms with Crippen LogP contribution < -0.4 is 14.9 Å². The second kappa shape index (κ2) is 9.23. The van der Waals surface area contributed by atoms with Crippen LogP contribution in [-0.4, -0.2) is 32.1 Å². The van der Waals surface area contributed by atoms with E-state index in [9.17, 15) is 34.9 Å². The number of ether oxygens (including phenoxy) is 1. The third kappa shape index (κ3) is 4.24. The Morgan fingerprint density at radius 2 is 1.94 bits per heavy atom. The molecule has 12 nitrogen and oxygen atoms in total. The summed E-state index contributed by atoms with van der Waals surface area (Å²) in [5.41, 5.74) is -1.71. The van der Waals surface area contributed by atoms with Crippen molar-refractivity contribution in [3.63, 3.8) is 0 Å². The number of nitro groups is 2. The Balaban J connectivity index is 1.96. The molecule has 180 valence electrons. The molecule has 1 aliphatic rings. The summed E-state index contributed by atoms with van der Waals surface area (Å²) in [5.74, 6) is -1.68. The van der Waals surface area contributed by atoms with Gasteiger partial charge in [-0.15, -0.1) is 11.3 Å². The zero-order valence-corrected chi connectivity index (χ0v) is 19.8. The zero-order valence-electron chi connectivity index (χ0n) is 18.2. The number of benzene rings is 1. The van der Waals surface area contributed by atoms with Crippen LogP contribution in [0.15, 0.2) is 50.7 Å². The van der Waals surface area contributed by atoms with Gasteiger partial charge in [-0.1, -0.05) is 17.4 Å². The Bertz CT molecular complexity index is 1550. The van der Waals surface area contributed by atoms with Crippen LogP contribution in [0.5, 0.6) is 5.75 Å². The molecule has 0 saturated heterocycles. The number of hydrogen-bond acceptors (Lipinski definition) is 11. The topological polar surface area (TPSA) is 167 Å². The lowest BCUT2D eigenvalue weighted by Gasteiger charge is -2.23. The number of hydrogen-bond donors (Lipinski definition) is 1. The Labute approximate surface area is 203 Å². The molecule has 2 aromatic heterocycles. The molecule has 0 amide bonds. The molecular formula is C21H16N4O8S2. The Kier molecular flexibility index (Phi) is 6.32. The van der Waals surface area contributed by atoms with Crippen LogP contribution in [0, 0.1) is 20.2 Å². The SMILES string of the molecule is CCOC(=O)C1=C(C)N=c2s/c(=C\c3cc([N+](=O)[O-])c(O)c([N+](=O)[O-])c3)c(=O)n2[C@@H]1c1cccs1.